The number of nitro groups is 1. The molecule has 0 aliphatic carbocycles. The molecule has 0 atom stereocenters. The maximum atomic E-state index is 13.1. The summed E-state index contributed by atoms with van der Waals surface area (Å²) < 4.78 is 13.1. The van der Waals surface area contributed by atoms with Crippen molar-refractivity contribution in [3.63, 3.8) is 0 Å². The van der Waals surface area contributed by atoms with Gasteiger partial charge in [0.25, 0.3) is 11.6 Å². The van der Waals surface area contributed by atoms with E-state index in [4.69, 9.17) is 21.7 Å². The van der Waals surface area contributed by atoms with E-state index in [0.29, 0.717) is 59.9 Å². The van der Waals surface area contributed by atoms with E-state index >= 15 is 0 Å². The van der Waals surface area contributed by atoms with Gasteiger partial charge >= 0.3 is 0 Å². The number of thiocarbonyl (C=S) groups is 1. The number of amides is 1. The summed E-state index contributed by atoms with van der Waals surface area (Å²) in [5, 5.41) is 14.5. The Hall–Kier alpha value is -4.18. The Labute approximate surface area is 214 Å². The fraction of sp³-hybridized carbons (Fsp3) is 0.231. The number of non-ortho nitro benzene ring substituents is 1. The highest BCUT2D eigenvalue weighted by Gasteiger charge is 2.30. The molecule has 0 spiro atoms. The fourth-order valence-corrected chi connectivity index (χ4v) is 4.20. The van der Waals surface area contributed by atoms with Crippen molar-refractivity contribution in [1.82, 2.24) is 14.8 Å². The van der Waals surface area contributed by atoms with Crippen molar-refractivity contribution in [2.45, 2.75) is 20.3 Å². The third-order valence-electron chi connectivity index (χ3n) is 5.59. The third kappa shape index (κ3) is 5.38. The Morgan fingerprint density at radius 3 is 2.58 bits per heavy atom. The summed E-state index contributed by atoms with van der Waals surface area (Å²) in [6.07, 6.45) is 4.05. The number of benzene rings is 2. The minimum atomic E-state index is -0.439. The maximum Gasteiger partial charge on any atom is 0.276 e. The first-order valence-corrected chi connectivity index (χ1v) is 12.0. The lowest BCUT2D eigenvalue weighted by molar-refractivity contribution is -0.384. The number of carbonyl (C=O) groups excluding carboxylic acids is 1. The van der Waals surface area contributed by atoms with Gasteiger partial charge in [0.15, 0.2) is 16.6 Å². The van der Waals surface area contributed by atoms with Crippen LogP contribution in [0.25, 0.3) is 11.8 Å². The molecule has 10 heteroatoms. The second-order valence-corrected chi connectivity index (χ2v) is 8.31. The van der Waals surface area contributed by atoms with E-state index in [9.17, 15) is 14.9 Å². The lowest BCUT2D eigenvalue weighted by atomic mass is 10.1. The van der Waals surface area contributed by atoms with E-state index in [-0.39, 0.29) is 11.6 Å². The smallest absolute Gasteiger partial charge is 0.276 e. The van der Waals surface area contributed by atoms with Crippen LogP contribution in [0.4, 0.5) is 5.69 Å². The van der Waals surface area contributed by atoms with Crippen LogP contribution >= 0.6 is 12.2 Å². The normalized spacial score (nSPS) is 14.3. The Kier molecular flexibility index (Phi) is 7.65. The molecule has 1 fully saturated rings. The van der Waals surface area contributed by atoms with E-state index in [0.717, 1.165) is 5.56 Å². The van der Waals surface area contributed by atoms with Crippen molar-refractivity contribution in [3.8, 4) is 17.2 Å². The summed E-state index contributed by atoms with van der Waals surface area (Å²) in [7, 11) is 0. The van der Waals surface area contributed by atoms with Gasteiger partial charge in [0.05, 0.1) is 23.8 Å². The maximum absolute atomic E-state index is 13.1. The molecule has 1 aliphatic rings. The van der Waals surface area contributed by atoms with Gasteiger partial charge in [-0.05, 0) is 74.5 Å². The summed E-state index contributed by atoms with van der Waals surface area (Å²) in [6, 6.07) is 15.7. The van der Waals surface area contributed by atoms with Crippen molar-refractivity contribution in [2.75, 3.05) is 19.8 Å². The lowest BCUT2D eigenvalue weighted by Gasteiger charge is -2.16. The summed E-state index contributed by atoms with van der Waals surface area (Å²) >= 11 is 5.43. The second-order valence-electron chi connectivity index (χ2n) is 7.92. The predicted octanol–water partition coefficient (Wildman–Crippen LogP) is 4.48. The fourth-order valence-electron chi connectivity index (χ4n) is 3.92. The molecule has 36 heavy (non-hydrogen) atoms. The van der Waals surface area contributed by atoms with Gasteiger partial charge in [-0.1, -0.05) is 12.1 Å². The van der Waals surface area contributed by atoms with Gasteiger partial charge in [0.1, 0.15) is 5.70 Å². The number of nitrogens with one attached hydrogen (secondary N) is 1. The largest absolute Gasteiger partial charge is 0.490 e. The molecule has 186 valence electrons. The molecule has 0 radical (unpaired) electrons. The van der Waals surface area contributed by atoms with E-state index in [1.807, 2.05) is 44.2 Å². The van der Waals surface area contributed by atoms with Gasteiger partial charge in [-0.15, -0.1) is 0 Å². The van der Waals surface area contributed by atoms with Crippen LogP contribution in [0.15, 0.2) is 66.5 Å². The number of ether oxygens (including phenoxy) is 2. The highest BCUT2D eigenvalue weighted by molar-refractivity contribution is 7.80. The number of rotatable bonds is 10. The standard InChI is InChI=1S/C26H26N4O5S/c1-3-34-23-11-10-18(15-24(23)35-4-2)12-14-29-25(31)22(27-26(29)36)17-20-9-6-13-28(20)19-7-5-8-21(16-19)30(32)33/h5-11,13,15-17H,3-4,12,14H2,1-2H3,(H,27,36)/b22-17+. The molecule has 0 saturated carbocycles. The highest BCUT2D eigenvalue weighted by Crippen LogP contribution is 2.29. The van der Waals surface area contributed by atoms with Crippen molar-refractivity contribution in [3.05, 3.63) is 87.9 Å². The van der Waals surface area contributed by atoms with E-state index in [2.05, 4.69) is 5.32 Å². The molecular weight excluding hydrogens is 480 g/mol. The molecule has 4 rings (SSSR count). The molecule has 2 heterocycles. The highest BCUT2D eigenvalue weighted by atomic mass is 32.1. The zero-order valence-corrected chi connectivity index (χ0v) is 20.8. The molecule has 9 nitrogen and oxygen atoms in total. The van der Waals surface area contributed by atoms with Gasteiger partial charge in [-0.2, -0.15) is 0 Å². The predicted molar refractivity (Wildman–Crippen MR) is 140 cm³/mol. The van der Waals surface area contributed by atoms with E-state index in [1.165, 1.54) is 17.0 Å². The number of carbonyl (C=O) groups is 1. The van der Waals surface area contributed by atoms with Crippen LogP contribution in [0.1, 0.15) is 25.1 Å². The minimum absolute atomic E-state index is 0.0102. The van der Waals surface area contributed by atoms with Crippen LogP contribution < -0.4 is 14.8 Å². The number of nitrogens with zero attached hydrogens (tertiary/aromatic N) is 3. The van der Waals surface area contributed by atoms with Crippen molar-refractivity contribution < 1.29 is 19.2 Å². The molecule has 1 N–H and O–H groups in total. The summed E-state index contributed by atoms with van der Waals surface area (Å²) in [4.78, 5) is 25.4. The molecule has 2 aromatic carbocycles. The van der Waals surface area contributed by atoms with Gasteiger partial charge in [-0.3, -0.25) is 19.8 Å². The molecule has 3 aromatic rings. The van der Waals surface area contributed by atoms with Crippen molar-refractivity contribution in [2.24, 2.45) is 0 Å². The van der Waals surface area contributed by atoms with Crippen molar-refractivity contribution in [1.29, 1.82) is 0 Å². The second kappa shape index (κ2) is 11.0. The van der Waals surface area contributed by atoms with Gasteiger partial charge in [0.2, 0.25) is 0 Å². The zero-order valence-electron chi connectivity index (χ0n) is 20.0. The number of aromatic nitrogens is 1. The monoisotopic (exact) mass is 506 g/mol. The van der Waals surface area contributed by atoms with E-state index < -0.39 is 4.92 Å². The summed E-state index contributed by atoms with van der Waals surface area (Å²) in [5.74, 6) is 1.13. The number of hydrogen-bond donors (Lipinski definition) is 1. The van der Waals surface area contributed by atoms with E-state index in [1.54, 1.807) is 29.0 Å². The molecule has 1 saturated heterocycles. The number of hydrogen-bond acceptors (Lipinski definition) is 6. The Balaban J connectivity index is 1.50. The summed E-state index contributed by atoms with van der Waals surface area (Å²) in [6.45, 7) is 5.30. The zero-order chi connectivity index (χ0) is 25.7. The average molecular weight is 507 g/mol. The van der Waals surface area contributed by atoms with Gasteiger partial charge < -0.3 is 19.4 Å². The van der Waals surface area contributed by atoms with Gasteiger partial charge in [-0.25, -0.2) is 0 Å². The van der Waals surface area contributed by atoms with Crippen LogP contribution in [-0.2, 0) is 11.2 Å². The quantitative estimate of drug-likeness (QED) is 0.187. The molecule has 1 aromatic heterocycles. The van der Waals surface area contributed by atoms with Crippen LogP contribution in [0.3, 0.4) is 0 Å². The Morgan fingerprint density at radius 1 is 1.06 bits per heavy atom. The molecule has 0 bridgehead atoms. The van der Waals surface area contributed by atoms with Gasteiger partial charge in [0, 0.05) is 30.6 Å². The third-order valence-corrected chi connectivity index (χ3v) is 5.91. The van der Waals surface area contributed by atoms with Crippen LogP contribution in [-0.4, -0.2) is 45.2 Å². The van der Waals surface area contributed by atoms with Crippen LogP contribution in [0.5, 0.6) is 11.5 Å². The Bertz CT molecular complexity index is 1330. The summed E-state index contributed by atoms with van der Waals surface area (Å²) in [5.41, 5.74) is 2.63. The average Bonchev–Trinajstić information content (AvgIpc) is 3.43. The molecule has 1 aliphatic heterocycles. The lowest BCUT2D eigenvalue weighted by Crippen LogP contribution is -2.32. The topological polar surface area (TPSA) is 98.9 Å². The van der Waals surface area contributed by atoms with Crippen LogP contribution in [0, 0.1) is 10.1 Å². The first-order chi connectivity index (χ1) is 17.4. The van der Waals surface area contributed by atoms with Crippen molar-refractivity contribution >= 4 is 35.0 Å². The number of nitro benzene ring substituents is 1. The SMILES string of the molecule is CCOc1ccc(CCN2C(=O)/C(=C\c3cccn3-c3cccc([N+](=O)[O-])c3)NC2=S)cc1OCC. The molecule has 1 amide bonds. The minimum Gasteiger partial charge on any atom is -0.490 e. The first kappa shape index (κ1) is 24.9. The molecular formula is C26H26N4O5S. The molecule has 0 unspecified atom stereocenters. The Morgan fingerprint density at radius 2 is 1.83 bits per heavy atom. The first-order valence-electron chi connectivity index (χ1n) is 11.6. The van der Waals surface area contributed by atoms with Crippen LogP contribution in [0.2, 0.25) is 0 Å².